The van der Waals surface area contributed by atoms with Crippen molar-refractivity contribution in [2.75, 3.05) is 18.1 Å². The van der Waals surface area contributed by atoms with E-state index >= 15 is 0 Å². The van der Waals surface area contributed by atoms with E-state index in [9.17, 15) is 10.1 Å². The standard InChI is InChI=1S/C12H19N5O4/c1-8(2)16(4-3-5-18)12-10(11(13)15-19)6-9(7-14-12)17(20)21/h6-8,18-19H,3-5H2,1-2H3,(H2,13,15). The summed E-state index contributed by atoms with van der Waals surface area (Å²) >= 11 is 0. The second kappa shape index (κ2) is 7.39. The summed E-state index contributed by atoms with van der Waals surface area (Å²) in [5.41, 5.74) is 5.53. The SMILES string of the molecule is CC(C)N(CCCO)c1ncc([N+](=O)[O-])cc1C(N)=NO. The van der Waals surface area contributed by atoms with Crippen LogP contribution < -0.4 is 10.6 Å². The highest BCUT2D eigenvalue weighted by Gasteiger charge is 2.21. The molecule has 0 amide bonds. The van der Waals surface area contributed by atoms with E-state index in [2.05, 4.69) is 10.1 Å². The van der Waals surface area contributed by atoms with Crippen LogP contribution in [0.5, 0.6) is 0 Å². The molecule has 0 radical (unpaired) electrons. The molecule has 0 bridgehead atoms. The third kappa shape index (κ3) is 4.02. The first-order chi connectivity index (χ1) is 9.92. The number of aliphatic hydroxyl groups is 1. The zero-order valence-corrected chi connectivity index (χ0v) is 11.9. The molecule has 0 spiro atoms. The van der Waals surface area contributed by atoms with Gasteiger partial charge in [0.1, 0.15) is 12.0 Å². The van der Waals surface area contributed by atoms with Crippen molar-refractivity contribution >= 4 is 17.3 Å². The number of pyridine rings is 1. The molecule has 1 aromatic rings. The van der Waals surface area contributed by atoms with Crippen LogP contribution in [0.25, 0.3) is 0 Å². The predicted octanol–water partition coefficient (Wildman–Crippen LogP) is 0.682. The van der Waals surface area contributed by atoms with E-state index in [1.165, 1.54) is 6.07 Å². The van der Waals surface area contributed by atoms with Gasteiger partial charge in [0.15, 0.2) is 5.84 Å². The van der Waals surface area contributed by atoms with Crippen molar-refractivity contribution in [1.29, 1.82) is 0 Å². The summed E-state index contributed by atoms with van der Waals surface area (Å²) in [4.78, 5) is 16.1. The Morgan fingerprint density at radius 3 is 2.76 bits per heavy atom. The number of nitrogens with zero attached hydrogens (tertiary/aromatic N) is 4. The van der Waals surface area contributed by atoms with Gasteiger partial charge in [-0.2, -0.15) is 0 Å². The smallest absolute Gasteiger partial charge is 0.288 e. The maximum Gasteiger partial charge on any atom is 0.288 e. The highest BCUT2D eigenvalue weighted by Crippen LogP contribution is 2.24. The Morgan fingerprint density at radius 1 is 1.62 bits per heavy atom. The van der Waals surface area contributed by atoms with E-state index in [1.54, 1.807) is 0 Å². The lowest BCUT2D eigenvalue weighted by atomic mass is 10.1. The first-order valence-corrected chi connectivity index (χ1v) is 6.42. The molecule has 9 nitrogen and oxygen atoms in total. The fourth-order valence-electron chi connectivity index (χ4n) is 1.87. The van der Waals surface area contributed by atoms with Crippen LogP contribution in [0.4, 0.5) is 11.5 Å². The van der Waals surface area contributed by atoms with Gasteiger partial charge >= 0.3 is 0 Å². The summed E-state index contributed by atoms with van der Waals surface area (Å²) < 4.78 is 0. The minimum absolute atomic E-state index is 0.00903. The van der Waals surface area contributed by atoms with Crippen LogP contribution in [0.3, 0.4) is 0 Å². The number of oxime groups is 1. The molecular formula is C12H19N5O4. The molecule has 0 aromatic carbocycles. The molecule has 0 saturated carbocycles. The van der Waals surface area contributed by atoms with Crippen molar-refractivity contribution in [1.82, 2.24) is 4.98 Å². The van der Waals surface area contributed by atoms with E-state index in [4.69, 9.17) is 16.0 Å². The number of nitrogens with two attached hydrogens (primary N) is 1. The molecule has 1 aromatic heterocycles. The normalized spacial score (nSPS) is 11.7. The Kier molecular flexibility index (Phi) is 5.85. The Labute approximate surface area is 121 Å². The molecule has 9 heteroatoms. The lowest BCUT2D eigenvalue weighted by Gasteiger charge is -2.29. The fourth-order valence-corrected chi connectivity index (χ4v) is 1.87. The second-order valence-electron chi connectivity index (χ2n) is 4.67. The highest BCUT2D eigenvalue weighted by molar-refractivity contribution is 6.02. The second-order valence-corrected chi connectivity index (χ2v) is 4.67. The summed E-state index contributed by atoms with van der Waals surface area (Å²) in [6, 6.07) is 1.24. The van der Waals surface area contributed by atoms with Gasteiger partial charge in [-0.3, -0.25) is 10.1 Å². The van der Waals surface area contributed by atoms with E-state index in [0.717, 1.165) is 6.20 Å². The van der Waals surface area contributed by atoms with Crippen LogP contribution >= 0.6 is 0 Å². The quantitative estimate of drug-likeness (QED) is 0.221. The van der Waals surface area contributed by atoms with Crippen LogP contribution in [-0.4, -0.2) is 45.3 Å². The average molecular weight is 297 g/mol. The number of amidine groups is 1. The number of hydrogen-bond acceptors (Lipinski definition) is 7. The van der Waals surface area contributed by atoms with Crippen LogP contribution in [0.2, 0.25) is 0 Å². The third-order valence-corrected chi connectivity index (χ3v) is 2.90. The summed E-state index contributed by atoms with van der Waals surface area (Å²) in [7, 11) is 0. The van der Waals surface area contributed by atoms with Gasteiger partial charge in [0.2, 0.25) is 0 Å². The van der Waals surface area contributed by atoms with Crippen molar-refractivity contribution in [3.8, 4) is 0 Å². The lowest BCUT2D eigenvalue weighted by Crippen LogP contribution is -2.35. The monoisotopic (exact) mass is 297 g/mol. The highest BCUT2D eigenvalue weighted by atomic mass is 16.6. The van der Waals surface area contributed by atoms with Crippen molar-refractivity contribution in [3.05, 3.63) is 27.9 Å². The molecule has 0 aliphatic heterocycles. The first-order valence-electron chi connectivity index (χ1n) is 6.42. The minimum Gasteiger partial charge on any atom is -0.409 e. The molecule has 0 aliphatic carbocycles. The molecule has 4 N–H and O–H groups in total. The Hall–Kier alpha value is -2.42. The number of hydrogen-bond donors (Lipinski definition) is 3. The Bertz CT molecular complexity index is 532. The van der Waals surface area contributed by atoms with Crippen LogP contribution in [0.1, 0.15) is 25.8 Å². The van der Waals surface area contributed by atoms with E-state index in [1.807, 2.05) is 18.7 Å². The van der Waals surface area contributed by atoms with Crippen LogP contribution in [-0.2, 0) is 0 Å². The molecule has 1 heterocycles. The van der Waals surface area contributed by atoms with E-state index in [0.29, 0.717) is 18.8 Å². The molecule has 0 atom stereocenters. The molecule has 0 fully saturated rings. The molecule has 0 saturated heterocycles. The Balaban J connectivity index is 3.34. The van der Waals surface area contributed by atoms with Gasteiger partial charge in [-0.05, 0) is 20.3 Å². The molecule has 0 aliphatic rings. The van der Waals surface area contributed by atoms with Crippen LogP contribution in [0.15, 0.2) is 17.4 Å². The summed E-state index contributed by atoms with van der Waals surface area (Å²) in [6.45, 7) is 4.33. The average Bonchev–Trinajstić information content (AvgIpc) is 2.46. The van der Waals surface area contributed by atoms with E-state index < -0.39 is 4.92 Å². The van der Waals surface area contributed by atoms with Gasteiger partial charge in [0.25, 0.3) is 5.69 Å². The van der Waals surface area contributed by atoms with Gasteiger partial charge < -0.3 is 20.9 Å². The van der Waals surface area contributed by atoms with Gasteiger partial charge in [-0.15, -0.1) is 0 Å². The zero-order chi connectivity index (χ0) is 16.0. The molecule has 116 valence electrons. The minimum atomic E-state index is -0.599. The van der Waals surface area contributed by atoms with Crippen molar-refractivity contribution < 1.29 is 15.2 Å². The molecule has 0 unspecified atom stereocenters. The molecule has 1 rings (SSSR count). The van der Waals surface area contributed by atoms with Gasteiger partial charge in [-0.1, -0.05) is 5.16 Å². The van der Waals surface area contributed by atoms with Crippen molar-refractivity contribution in [2.45, 2.75) is 26.3 Å². The summed E-state index contributed by atoms with van der Waals surface area (Å²) in [6.07, 6.45) is 1.63. The number of aromatic nitrogens is 1. The predicted molar refractivity (Wildman–Crippen MR) is 77.6 cm³/mol. The summed E-state index contributed by atoms with van der Waals surface area (Å²) in [5.74, 6) is 0.121. The maximum absolute atomic E-state index is 10.8. The topological polar surface area (TPSA) is 138 Å². The number of nitro groups is 1. The van der Waals surface area contributed by atoms with Crippen LogP contribution in [0, 0.1) is 10.1 Å². The Morgan fingerprint density at radius 2 is 2.29 bits per heavy atom. The van der Waals surface area contributed by atoms with E-state index in [-0.39, 0.29) is 29.7 Å². The summed E-state index contributed by atoms with van der Waals surface area (Å²) in [5, 5.41) is 31.5. The third-order valence-electron chi connectivity index (χ3n) is 2.90. The van der Waals surface area contributed by atoms with Gasteiger partial charge in [-0.25, -0.2) is 4.98 Å². The number of anilines is 1. The molecule has 21 heavy (non-hydrogen) atoms. The number of aliphatic hydroxyl groups excluding tert-OH is 1. The molecular weight excluding hydrogens is 278 g/mol. The largest absolute Gasteiger partial charge is 0.409 e. The zero-order valence-electron chi connectivity index (χ0n) is 11.9. The van der Waals surface area contributed by atoms with Crippen molar-refractivity contribution in [2.24, 2.45) is 10.9 Å². The first kappa shape index (κ1) is 16.6. The van der Waals surface area contributed by atoms with Crippen molar-refractivity contribution in [3.63, 3.8) is 0 Å². The lowest BCUT2D eigenvalue weighted by molar-refractivity contribution is -0.385. The number of rotatable bonds is 7. The fraction of sp³-hybridized carbons (Fsp3) is 0.500. The maximum atomic E-state index is 10.8. The van der Waals surface area contributed by atoms with Gasteiger partial charge in [0, 0.05) is 25.3 Å². The van der Waals surface area contributed by atoms with Gasteiger partial charge in [0.05, 0.1) is 10.5 Å².